The van der Waals surface area contributed by atoms with Crippen LogP contribution >= 0.6 is 0 Å². The van der Waals surface area contributed by atoms with Crippen LogP contribution in [0.15, 0.2) is 24.3 Å². The Hall–Kier alpha value is -1.75. The first-order valence-electron chi connectivity index (χ1n) is 6.76. The number of carbonyl (C=O) groups excluding carboxylic acids is 1. The van der Waals surface area contributed by atoms with Crippen molar-refractivity contribution in [2.75, 3.05) is 18.5 Å². The molecule has 0 saturated carbocycles. The summed E-state index contributed by atoms with van der Waals surface area (Å²) in [7, 11) is 0. The molecule has 0 bridgehead atoms. The van der Waals surface area contributed by atoms with Crippen LogP contribution in [-0.4, -0.2) is 29.9 Å². The number of ether oxygens (including phenoxy) is 1. The van der Waals surface area contributed by atoms with Crippen molar-refractivity contribution in [2.45, 2.75) is 33.2 Å². The second-order valence-electron chi connectivity index (χ2n) is 5.82. The Morgan fingerprint density at radius 3 is 2.60 bits per heavy atom. The number of carbonyl (C=O) groups is 1. The minimum absolute atomic E-state index is 0.133. The number of hydrogen-bond acceptors (Lipinski definition) is 3. The van der Waals surface area contributed by atoms with Crippen LogP contribution in [0.25, 0.3) is 0 Å². The number of rotatable bonds is 6. The minimum atomic E-state index is -0.669. The van der Waals surface area contributed by atoms with E-state index in [1.54, 1.807) is 19.9 Å². The Morgan fingerprint density at radius 1 is 1.35 bits per heavy atom. The first-order valence-corrected chi connectivity index (χ1v) is 6.76. The molecule has 0 heterocycles. The highest BCUT2D eigenvalue weighted by Gasteiger charge is 2.19. The van der Waals surface area contributed by atoms with Gasteiger partial charge in [-0.2, -0.15) is 0 Å². The van der Waals surface area contributed by atoms with Crippen molar-refractivity contribution >= 4 is 11.7 Å². The highest BCUT2D eigenvalue weighted by atomic mass is 16.5. The van der Waals surface area contributed by atoms with Crippen LogP contribution in [-0.2, 0) is 0 Å². The zero-order chi connectivity index (χ0) is 15.2. The molecule has 0 spiro atoms. The number of aliphatic hydroxyl groups is 1. The standard InChI is InChI=1S/C15H24N2O3/c1-11(2)9-20-13-8-6-5-7-12(13)16-14(19)17-15(3,4)10-18/h5-8,11,18H,9-10H2,1-4H3,(H2,16,17,19). The van der Waals surface area contributed by atoms with Gasteiger partial charge in [0.15, 0.2) is 0 Å². The Balaban J connectivity index is 2.69. The second kappa shape index (κ2) is 7.14. The summed E-state index contributed by atoms with van der Waals surface area (Å²) in [6.45, 7) is 8.06. The molecule has 2 amide bonds. The molecule has 5 nitrogen and oxygen atoms in total. The predicted molar refractivity (Wildman–Crippen MR) is 80.1 cm³/mol. The van der Waals surface area contributed by atoms with Crippen LogP contribution in [0.1, 0.15) is 27.7 Å². The maximum Gasteiger partial charge on any atom is 0.319 e. The Labute approximate surface area is 120 Å². The molecule has 1 aromatic carbocycles. The van der Waals surface area contributed by atoms with E-state index in [0.717, 1.165) is 0 Å². The smallest absolute Gasteiger partial charge is 0.319 e. The van der Waals surface area contributed by atoms with E-state index in [0.29, 0.717) is 24.0 Å². The van der Waals surface area contributed by atoms with E-state index in [-0.39, 0.29) is 12.6 Å². The highest BCUT2D eigenvalue weighted by molar-refractivity contribution is 5.91. The zero-order valence-corrected chi connectivity index (χ0v) is 12.6. The fourth-order valence-electron chi connectivity index (χ4n) is 1.45. The number of nitrogens with one attached hydrogen (secondary N) is 2. The van der Waals surface area contributed by atoms with E-state index in [9.17, 15) is 4.79 Å². The van der Waals surface area contributed by atoms with Gasteiger partial charge in [0.25, 0.3) is 0 Å². The second-order valence-corrected chi connectivity index (χ2v) is 5.82. The Bertz CT molecular complexity index is 444. The summed E-state index contributed by atoms with van der Waals surface area (Å²) in [5.41, 5.74) is -0.0583. The molecular weight excluding hydrogens is 256 g/mol. The van der Waals surface area contributed by atoms with Gasteiger partial charge in [0.05, 0.1) is 24.4 Å². The molecule has 0 aliphatic rings. The molecule has 112 valence electrons. The van der Waals surface area contributed by atoms with Crippen LogP contribution in [0.4, 0.5) is 10.5 Å². The number of hydrogen-bond donors (Lipinski definition) is 3. The number of benzene rings is 1. The SMILES string of the molecule is CC(C)COc1ccccc1NC(=O)NC(C)(C)CO. The number of amides is 2. The molecule has 0 aromatic heterocycles. The zero-order valence-electron chi connectivity index (χ0n) is 12.6. The third-order valence-electron chi connectivity index (χ3n) is 2.55. The van der Waals surface area contributed by atoms with Crippen molar-refractivity contribution in [3.8, 4) is 5.75 Å². The van der Waals surface area contributed by atoms with E-state index in [2.05, 4.69) is 24.5 Å². The van der Waals surface area contributed by atoms with Gasteiger partial charge in [0.2, 0.25) is 0 Å². The van der Waals surface area contributed by atoms with Gasteiger partial charge in [0, 0.05) is 0 Å². The number of para-hydroxylation sites is 2. The molecule has 0 fully saturated rings. The molecular formula is C15H24N2O3. The van der Waals surface area contributed by atoms with Gasteiger partial charge >= 0.3 is 6.03 Å². The molecule has 0 aliphatic carbocycles. The van der Waals surface area contributed by atoms with Gasteiger partial charge in [-0.3, -0.25) is 0 Å². The van der Waals surface area contributed by atoms with Crippen molar-refractivity contribution in [3.63, 3.8) is 0 Å². The third-order valence-corrected chi connectivity index (χ3v) is 2.55. The van der Waals surface area contributed by atoms with Gasteiger partial charge in [0.1, 0.15) is 5.75 Å². The maximum absolute atomic E-state index is 11.9. The first kappa shape index (κ1) is 16.3. The number of urea groups is 1. The minimum Gasteiger partial charge on any atom is -0.491 e. The van der Waals surface area contributed by atoms with E-state index >= 15 is 0 Å². The van der Waals surface area contributed by atoms with Crippen molar-refractivity contribution in [1.82, 2.24) is 5.32 Å². The van der Waals surface area contributed by atoms with E-state index in [1.807, 2.05) is 18.2 Å². The molecule has 1 aromatic rings. The van der Waals surface area contributed by atoms with Gasteiger partial charge in [-0.05, 0) is 31.9 Å². The van der Waals surface area contributed by atoms with Crippen LogP contribution in [0.5, 0.6) is 5.75 Å². The molecule has 20 heavy (non-hydrogen) atoms. The summed E-state index contributed by atoms with van der Waals surface area (Å²) in [6, 6.07) is 6.91. The van der Waals surface area contributed by atoms with E-state index in [4.69, 9.17) is 9.84 Å². The monoisotopic (exact) mass is 280 g/mol. The molecule has 3 N–H and O–H groups in total. The quantitative estimate of drug-likeness (QED) is 0.750. The van der Waals surface area contributed by atoms with Crippen LogP contribution in [0.2, 0.25) is 0 Å². The normalized spacial score (nSPS) is 11.3. The van der Waals surface area contributed by atoms with Crippen molar-refractivity contribution in [1.29, 1.82) is 0 Å². The topological polar surface area (TPSA) is 70.6 Å². The summed E-state index contributed by atoms with van der Waals surface area (Å²) in [6.07, 6.45) is 0. The number of anilines is 1. The first-order chi connectivity index (χ1) is 9.34. The fourth-order valence-corrected chi connectivity index (χ4v) is 1.45. The van der Waals surface area contributed by atoms with E-state index < -0.39 is 5.54 Å². The Kier molecular flexibility index (Phi) is 5.82. The van der Waals surface area contributed by atoms with Gasteiger partial charge in [-0.1, -0.05) is 26.0 Å². The molecule has 0 radical (unpaired) electrons. The maximum atomic E-state index is 11.9. The summed E-state index contributed by atoms with van der Waals surface area (Å²) >= 11 is 0. The lowest BCUT2D eigenvalue weighted by Gasteiger charge is -2.24. The number of aliphatic hydroxyl groups excluding tert-OH is 1. The fraction of sp³-hybridized carbons (Fsp3) is 0.533. The van der Waals surface area contributed by atoms with E-state index in [1.165, 1.54) is 0 Å². The van der Waals surface area contributed by atoms with Crippen molar-refractivity contribution in [2.24, 2.45) is 5.92 Å². The average molecular weight is 280 g/mol. The summed E-state index contributed by atoms with van der Waals surface area (Å²) < 4.78 is 5.66. The molecule has 5 heteroatoms. The van der Waals surface area contributed by atoms with Gasteiger partial charge in [-0.15, -0.1) is 0 Å². The molecule has 0 saturated heterocycles. The van der Waals surface area contributed by atoms with Gasteiger partial charge in [-0.25, -0.2) is 4.79 Å². The molecule has 1 rings (SSSR count). The third kappa shape index (κ3) is 5.48. The van der Waals surface area contributed by atoms with Crippen molar-refractivity contribution in [3.05, 3.63) is 24.3 Å². The highest BCUT2D eigenvalue weighted by Crippen LogP contribution is 2.24. The lowest BCUT2D eigenvalue weighted by Crippen LogP contribution is -2.48. The molecule has 0 unspecified atom stereocenters. The van der Waals surface area contributed by atoms with Crippen LogP contribution in [0.3, 0.4) is 0 Å². The van der Waals surface area contributed by atoms with Crippen LogP contribution in [0, 0.1) is 5.92 Å². The lowest BCUT2D eigenvalue weighted by molar-refractivity contribution is 0.187. The van der Waals surface area contributed by atoms with Crippen molar-refractivity contribution < 1.29 is 14.6 Å². The average Bonchev–Trinajstić information content (AvgIpc) is 2.37. The summed E-state index contributed by atoms with van der Waals surface area (Å²) in [5, 5.41) is 14.6. The lowest BCUT2D eigenvalue weighted by atomic mass is 10.1. The molecule has 0 atom stereocenters. The predicted octanol–water partition coefficient (Wildman–Crippen LogP) is 2.61. The summed E-state index contributed by atoms with van der Waals surface area (Å²) in [5.74, 6) is 1.04. The van der Waals surface area contributed by atoms with Gasteiger partial charge < -0.3 is 20.5 Å². The Morgan fingerprint density at radius 2 is 2.00 bits per heavy atom. The largest absolute Gasteiger partial charge is 0.491 e. The molecule has 0 aliphatic heterocycles. The van der Waals surface area contributed by atoms with Crippen LogP contribution < -0.4 is 15.4 Å². The summed E-state index contributed by atoms with van der Waals surface area (Å²) in [4.78, 5) is 11.9.